The Labute approximate surface area is 92.1 Å². The van der Waals surface area contributed by atoms with E-state index in [1.807, 2.05) is 0 Å². The molecule has 0 aliphatic carbocycles. The summed E-state index contributed by atoms with van der Waals surface area (Å²) >= 11 is 0. The van der Waals surface area contributed by atoms with Crippen LogP contribution in [0.25, 0.3) is 0 Å². The van der Waals surface area contributed by atoms with Gasteiger partial charge in [0.15, 0.2) is 5.88 Å². The number of methoxy groups -OCH3 is 1. The minimum absolute atomic E-state index is 0.0554. The molecule has 86 valence electrons. The standard InChI is InChI=1S/C9H9NO5S/c1-15-8-4-6(9(11)12)2-3-7(8)10-5-16(10,13)14/h2-4H,5H2,1H3,(H,11,12). The Morgan fingerprint density at radius 2 is 2.12 bits per heavy atom. The highest BCUT2D eigenvalue weighted by Gasteiger charge is 2.42. The summed E-state index contributed by atoms with van der Waals surface area (Å²) in [6.45, 7) is 0. The molecule has 1 aromatic carbocycles. The molecule has 6 nitrogen and oxygen atoms in total. The van der Waals surface area contributed by atoms with Gasteiger partial charge in [-0.2, -0.15) is 0 Å². The molecular formula is C9H9NO5S. The van der Waals surface area contributed by atoms with Gasteiger partial charge in [-0.15, -0.1) is 0 Å². The van der Waals surface area contributed by atoms with Gasteiger partial charge in [-0.05, 0) is 18.2 Å². The van der Waals surface area contributed by atoms with Gasteiger partial charge in [0.2, 0.25) is 0 Å². The molecule has 1 fully saturated rings. The highest BCUT2D eigenvalue weighted by Crippen LogP contribution is 2.37. The Morgan fingerprint density at radius 3 is 2.56 bits per heavy atom. The number of carboxylic acids is 1. The van der Waals surface area contributed by atoms with E-state index in [1.165, 1.54) is 25.3 Å². The van der Waals surface area contributed by atoms with Gasteiger partial charge >= 0.3 is 5.97 Å². The summed E-state index contributed by atoms with van der Waals surface area (Å²) in [5.41, 5.74) is 0.423. The third-order valence-corrected chi connectivity index (χ3v) is 3.52. The van der Waals surface area contributed by atoms with Crippen molar-refractivity contribution in [2.75, 3.05) is 17.3 Å². The molecule has 7 heteroatoms. The number of hydrogen-bond acceptors (Lipinski definition) is 4. The second-order valence-electron chi connectivity index (χ2n) is 3.28. The van der Waals surface area contributed by atoms with Gasteiger partial charge in [-0.25, -0.2) is 17.5 Å². The van der Waals surface area contributed by atoms with Crippen molar-refractivity contribution in [1.29, 1.82) is 0 Å². The van der Waals surface area contributed by atoms with Gasteiger partial charge in [-0.3, -0.25) is 0 Å². The number of nitrogens with zero attached hydrogens (tertiary/aromatic N) is 1. The Kier molecular flexibility index (Phi) is 2.27. The minimum Gasteiger partial charge on any atom is -0.495 e. The highest BCUT2D eigenvalue weighted by atomic mass is 32.2. The van der Waals surface area contributed by atoms with Crippen LogP contribution >= 0.6 is 0 Å². The zero-order valence-electron chi connectivity index (χ0n) is 8.37. The van der Waals surface area contributed by atoms with Crippen LogP contribution in [0.1, 0.15) is 10.4 Å². The normalized spacial score (nSPS) is 16.9. The van der Waals surface area contributed by atoms with Crippen LogP contribution < -0.4 is 9.04 Å². The van der Waals surface area contributed by atoms with Crippen LogP contribution in [0, 0.1) is 0 Å². The molecule has 1 aromatic rings. The third-order valence-electron chi connectivity index (χ3n) is 2.24. The van der Waals surface area contributed by atoms with Crippen LogP contribution in [0.3, 0.4) is 0 Å². The van der Waals surface area contributed by atoms with E-state index in [2.05, 4.69) is 0 Å². The summed E-state index contributed by atoms with van der Waals surface area (Å²) in [6.07, 6.45) is 0. The SMILES string of the molecule is COc1cc(C(=O)O)ccc1N1CS1(=O)=O. The zero-order valence-corrected chi connectivity index (χ0v) is 9.19. The number of sulfonamides is 1. The maximum Gasteiger partial charge on any atom is 0.335 e. The topological polar surface area (TPSA) is 83.7 Å². The van der Waals surface area contributed by atoms with Crippen molar-refractivity contribution >= 4 is 21.7 Å². The molecule has 1 aliphatic rings. The number of hydrogen-bond donors (Lipinski definition) is 1. The fraction of sp³-hybridized carbons (Fsp3) is 0.222. The lowest BCUT2D eigenvalue weighted by Crippen LogP contribution is -2.01. The highest BCUT2D eigenvalue weighted by molar-refractivity contribution is 8.00. The Morgan fingerprint density at radius 1 is 1.50 bits per heavy atom. The fourth-order valence-corrected chi connectivity index (χ4v) is 2.46. The third kappa shape index (κ3) is 1.69. The van der Waals surface area contributed by atoms with Crippen molar-refractivity contribution in [3.63, 3.8) is 0 Å². The average molecular weight is 243 g/mol. The molecule has 0 aromatic heterocycles. The molecular weight excluding hydrogens is 234 g/mol. The summed E-state index contributed by atoms with van der Waals surface area (Å²) in [5.74, 6) is -0.907. The lowest BCUT2D eigenvalue weighted by Gasteiger charge is -2.08. The smallest absolute Gasteiger partial charge is 0.335 e. The first-order valence-electron chi connectivity index (χ1n) is 4.37. The summed E-state index contributed by atoms with van der Waals surface area (Å²) in [5, 5.41) is 8.77. The van der Waals surface area contributed by atoms with E-state index in [1.54, 1.807) is 0 Å². The first-order valence-corrected chi connectivity index (χ1v) is 5.98. The molecule has 0 atom stereocenters. The Bertz CT molecular complexity index is 551. The lowest BCUT2D eigenvalue weighted by molar-refractivity contribution is 0.0696. The summed E-state index contributed by atoms with van der Waals surface area (Å²) in [7, 11) is -1.81. The van der Waals surface area contributed by atoms with Crippen molar-refractivity contribution in [2.24, 2.45) is 0 Å². The van der Waals surface area contributed by atoms with Gasteiger partial charge < -0.3 is 9.84 Å². The number of rotatable bonds is 3. The van der Waals surface area contributed by atoms with E-state index >= 15 is 0 Å². The molecule has 1 saturated heterocycles. The van der Waals surface area contributed by atoms with Gasteiger partial charge in [-0.1, -0.05) is 0 Å². The number of anilines is 1. The summed E-state index contributed by atoms with van der Waals surface area (Å²) < 4.78 is 28.3. The first kappa shape index (κ1) is 10.7. The fourth-order valence-electron chi connectivity index (χ4n) is 1.36. The van der Waals surface area contributed by atoms with Crippen LogP contribution in [0.15, 0.2) is 18.2 Å². The largest absolute Gasteiger partial charge is 0.495 e. The monoisotopic (exact) mass is 243 g/mol. The van der Waals surface area contributed by atoms with Gasteiger partial charge in [0.25, 0.3) is 10.0 Å². The van der Waals surface area contributed by atoms with E-state index in [-0.39, 0.29) is 17.2 Å². The van der Waals surface area contributed by atoms with Crippen molar-refractivity contribution in [3.05, 3.63) is 23.8 Å². The molecule has 16 heavy (non-hydrogen) atoms. The number of carbonyl (C=O) groups is 1. The second kappa shape index (κ2) is 3.38. The molecule has 1 N–H and O–H groups in total. The van der Waals surface area contributed by atoms with E-state index in [9.17, 15) is 13.2 Å². The van der Waals surface area contributed by atoms with E-state index in [0.717, 1.165) is 4.31 Å². The average Bonchev–Trinajstić information content (AvgIpc) is 2.86. The number of ether oxygens (including phenoxy) is 1. The Balaban J connectivity index is 2.44. The van der Waals surface area contributed by atoms with E-state index in [4.69, 9.17) is 9.84 Å². The van der Waals surface area contributed by atoms with Crippen molar-refractivity contribution in [3.8, 4) is 5.75 Å². The van der Waals surface area contributed by atoms with Gasteiger partial charge in [0.05, 0.1) is 18.4 Å². The van der Waals surface area contributed by atoms with Crippen LogP contribution in [-0.4, -0.2) is 32.5 Å². The predicted octanol–water partition coefficient (Wildman–Crippen LogP) is 0.501. The molecule has 0 spiro atoms. The van der Waals surface area contributed by atoms with Gasteiger partial charge in [0, 0.05) is 0 Å². The maximum atomic E-state index is 11.1. The maximum absolute atomic E-state index is 11.1. The van der Waals surface area contributed by atoms with Crippen LogP contribution in [0.4, 0.5) is 5.69 Å². The minimum atomic E-state index is -3.17. The second-order valence-corrected chi connectivity index (χ2v) is 5.14. The van der Waals surface area contributed by atoms with Crippen molar-refractivity contribution in [1.82, 2.24) is 0 Å². The number of benzene rings is 1. The summed E-state index contributed by atoms with van der Waals surface area (Å²) in [6, 6.07) is 4.06. The molecule has 0 amide bonds. The van der Waals surface area contributed by atoms with Crippen LogP contribution in [-0.2, 0) is 10.0 Å². The van der Waals surface area contributed by atoms with Gasteiger partial charge in [0.1, 0.15) is 5.75 Å². The molecule has 1 aliphatic heterocycles. The van der Waals surface area contributed by atoms with Crippen molar-refractivity contribution in [2.45, 2.75) is 0 Å². The van der Waals surface area contributed by atoms with Crippen molar-refractivity contribution < 1.29 is 23.1 Å². The Hall–Kier alpha value is -1.76. The van der Waals surface area contributed by atoms with E-state index in [0.29, 0.717) is 5.69 Å². The first-order chi connectivity index (χ1) is 7.45. The van der Waals surface area contributed by atoms with E-state index < -0.39 is 16.0 Å². The zero-order chi connectivity index (χ0) is 11.9. The molecule has 0 unspecified atom stereocenters. The molecule has 0 saturated carbocycles. The van der Waals surface area contributed by atoms with Crippen LogP contribution in [0.5, 0.6) is 5.75 Å². The molecule has 1 heterocycles. The molecule has 0 bridgehead atoms. The number of aromatic carboxylic acids is 1. The molecule has 2 rings (SSSR count). The number of carboxylic acid groups (broad SMARTS) is 1. The van der Waals surface area contributed by atoms with Crippen LogP contribution in [0.2, 0.25) is 0 Å². The summed E-state index contributed by atoms with van der Waals surface area (Å²) in [4.78, 5) is 10.7. The quantitative estimate of drug-likeness (QED) is 0.781. The molecule has 0 radical (unpaired) electrons. The predicted molar refractivity (Wildman–Crippen MR) is 56.2 cm³/mol. The lowest BCUT2D eigenvalue weighted by atomic mass is 10.2.